The lowest BCUT2D eigenvalue weighted by Gasteiger charge is -2.34. The Hall–Kier alpha value is -7.10. The van der Waals surface area contributed by atoms with Crippen molar-refractivity contribution in [3.63, 3.8) is 0 Å². The van der Waals surface area contributed by atoms with E-state index in [0.29, 0.717) is 0 Å². The van der Waals surface area contributed by atoms with E-state index in [4.69, 9.17) is 9.97 Å². The smallest absolute Gasteiger partial charge is 0.0973 e. The molecule has 0 saturated carbocycles. The first-order chi connectivity index (χ1) is 26.8. The van der Waals surface area contributed by atoms with Crippen molar-refractivity contribution in [2.75, 3.05) is 0 Å². The number of benzene rings is 8. The van der Waals surface area contributed by atoms with Crippen LogP contribution in [0.25, 0.3) is 72.2 Å². The minimum absolute atomic E-state index is 0.454. The number of para-hydroxylation sites is 3. The van der Waals surface area contributed by atoms with Gasteiger partial charge in [-0.25, -0.2) is 9.97 Å². The summed E-state index contributed by atoms with van der Waals surface area (Å²) in [5, 5.41) is 2.46. The van der Waals surface area contributed by atoms with E-state index in [9.17, 15) is 0 Å². The summed E-state index contributed by atoms with van der Waals surface area (Å²) < 4.78 is 2.40. The number of aromatic nitrogens is 3. The molecule has 0 aliphatic heterocycles. The first-order valence-corrected chi connectivity index (χ1v) is 18.5. The molecule has 1 aliphatic rings. The fourth-order valence-corrected chi connectivity index (χ4v) is 8.96. The van der Waals surface area contributed by atoms with Gasteiger partial charge < -0.3 is 4.57 Å². The Balaban J connectivity index is 1.10. The van der Waals surface area contributed by atoms with Gasteiger partial charge in [0, 0.05) is 27.6 Å². The Bertz CT molecular complexity index is 2990. The molecule has 10 aromatic rings. The van der Waals surface area contributed by atoms with Gasteiger partial charge in [0.25, 0.3) is 0 Å². The van der Waals surface area contributed by atoms with Crippen molar-refractivity contribution in [1.29, 1.82) is 0 Å². The molecule has 2 heterocycles. The quantitative estimate of drug-likeness (QED) is 0.180. The molecule has 8 aromatic carbocycles. The summed E-state index contributed by atoms with van der Waals surface area (Å²) >= 11 is 0. The van der Waals surface area contributed by atoms with Crippen molar-refractivity contribution in [2.45, 2.75) is 5.41 Å². The Labute approximate surface area is 313 Å². The van der Waals surface area contributed by atoms with Gasteiger partial charge in [0.15, 0.2) is 0 Å². The van der Waals surface area contributed by atoms with Crippen LogP contribution >= 0.6 is 0 Å². The summed E-state index contributed by atoms with van der Waals surface area (Å²) in [6, 6.07) is 72.1. The van der Waals surface area contributed by atoms with E-state index in [-0.39, 0.29) is 0 Å². The molecule has 0 spiro atoms. The Morgan fingerprint density at radius 2 is 0.889 bits per heavy atom. The molecule has 11 rings (SSSR count). The molecule has 0 fully saturated rings. The minimum Gasteiger partial charge on any atom is -0.309 e. The molecule has 0 atom stereocenters. The number of nitrogens with zero attached hydrogens (tertiary/aromatic N) is 3. The topological polar surface area (TPSA) is 30.7 Å². The normalized spacial score (nSPS) is 13.0. The van der Waals surface area contributed by atoms with Gasteiger partial charge in [-0.15, -0.1) is 0 Å². The van der Waals surface area contributed by atoms with Crippen molar-refractivity contribution in [3.05, 3.63) is 222 Å². The fraction of sp³-hybridized carbons (Fsp3) is 0.0196. The summed E-state index contributed by atoms with van der Waals surface area (Å²) in [5.41, 5.74) is 16.4. The Morgan fingerprint density at radius 1 is 0.370 bits per heavy atom. The van der Waals surface area contributed by atoms with Gasteiger partial charge in [0.1, 0.15) is 0 Å². The molecular formula is C51H33N3. The van der Waals surface area contributed by atoms with Crippen LogP contribution in [0.5, 0.6) is 0 Å². The van der Waals surface area contributed by atoms with Crippen molar-refractivity contribution in [1.82, 2.24) is 14.5 Å². The summed E-state index contributed by atoms with van der Waals surface area (Å²) in [6.45, 7) is 0. The fourth-order valence-electron chi connectivity index (χ4n) is 8.96. The standard InChI is InChI=1S/C51H33N3/c1-3-15-34(16-4-1)49-50(53-46-25-13-12-24-45(46)52-49)35-27-30-38(31-28-35)54-47-26-14-9-21-41(47)42-33-37(29-32-48(42)54)51(36-17-5-2-6-18-36)43-22-10-7-19-39(43)40-20-8-11-23-44(40)51/h1-33H. The van der Waals surface area contributed by atoms with Gasteiger partial charge in [-0.3, -0.25) is 0 Å². The van der Waals surface area contributed by atoms with Crippen molar-refractivity contribution < 1.29 is 0 Å². The van der Waals surface area contributed by atoms with E-state index in [0.717, 1.165) is 39.2 Å². The second kappa shape index (κ2) is 12.0. The maximum Gasteiger partial charge on any atom is 0.0973 e. The highest BCUT2D eigenvalue weighted by Gasteiger charge is 2.46. The highest BCUT2D eigenvalue weighted by atomic mass is 15.0. The lowest BCUT2D eigenvalue weighted by Crippen LogP contribution is -2.28. The molecule has 0 amide bonds. The SMILES string of the molecule is c1ccc(-c2nc3ccccc3nc2-c2ccc(-n3c4ccccc4c4cc(C5(c6ccccc6)c6ccccc6-c6ccccc65)ccc43)cc2)cc1. The molecule has 3 heteroatoms. The van der Waals surface area contributed by atoms with E-state index in [1.807, 2.05) is 30.3 Å². The van der Waals surface area contributed by atoms with Crippen LogP contribution in [0.2, 0.25) is 0 Å². The van der Waals surface area contributed by atoms with E-state index in [1.54, 1.807) is 0 Å². The summed E-state index contributed by atoms with van der Waals surface area (Å²) in [4.78, 5) is 10.3. The van der Waals surface area contributed by atoms with Crippen LogP contribution in [-0.4, -0.2) is 14.5 Å². The van der Waals surface area contributed by atoms with Gasteiger partial charge in [0.2, 0.25) is 0 Å². The molecule has 0 bridgehead atoms. The van der Waals surface area contributed by atoms with E-state index in [2.05, 4.69) is 174 Å². The molecule has 0 radical (unpaired) electrons. The van der Waals surface area contributed by atoms with Gasteiger partial charge in [-0.2, -0.15) is 0 Å². The lowest BCUT2D eigenvalue weighted by atomic mass is 9.67. The molecule has 0 unspecified atom stereocenters. The minimum atomic E-state index is -0.454. The van der Waals surface area contributed by atoms with E-state index >= 15 is 0 Å². The number of hydrogen-bond donors (Lipinski definition) is 0. The van der Waals surface area contributed by atoms with Gasteiger partial charge in [-0.05, 0) is 75.8 Å². The monoisotopic (exact) mass is 687 g/mol. The molecule has 252 valence electrons. The third-order valence-corrected chi connectivity index (χ3v) is 11.3. The Kier molecular flexibility index (Phi) is 6.77. The second-order valence-electron chi connectivity index (χ2n) is 14.1. The Morgan fingerprint density at radius 3 is 1.56 bits per heavy atom. The molecule has 3 nitrogen and oxygen atoms in total. The molecule has 2 aromatic heterocycles. The van der Waals surface area contributed by atoms with Crippen LogP contribution in [0.3, 0.4) is 0 Å². The first kappa shape index (κ1) is 30.5. The molecular weight excluding hydrogens is 655 g/mol. The first-order valence-electron chi connectivity index (χ1n) is 18.5. The number of hydrogen-bond acceptors (Lipinski definition) is 2. The van der Waals surface area contributed by atoms with Crippen molar-refractivity contribution in [3.8, 4) is 39.3 Å². The van der Waals surface area contributed by atoms with Gasteiger partial charge >= 0.3 is 0 Å². The van der Waals surface area contributed by atoms with Crippen LogP contribution in [0.4, 0.5) is 0 Å². The van der Waals surface area contributed by atoms with Crippen molar-refractivity contribution >= 4 is 32.8 Å². The zero-order valence-electron chi connectivity index (χ0n) is 29.4. The molecule has 1 aliphatic carbocycles. The van der Waals surface area contributed by atoms with E-state index < -0.39 is 5.41 Å². The zero-order valence-corrected chi connectivity index (χ0v) is 29.4. The summed E-state index contributed by atoms with van der Waals surface area (Å²) in [7, 11) is 0. The average Bonchev–Trinajstić information content (AvgIpc) is 3.74. The highest BCUT2D eigenvalue weighted by molar-refractivity contribution is 6.10. The molecule has 0 N–H and O–H groups in total. The van der Waals surface area contributed by atoms with Crippen LogP contribution in [0.15, 0.2) is 200 Å². The maximum absolute atomic E-state index is 5.16. The average molecular weight is 688 g/mol. The zero-order chi connectivity index (χ0) is 35.6. The van der Waals surface area contributed by atoms with Gasteiger partial charge in [0.05, 0.1) is 38.9 Å². The van der Waals surface area contributed by atoms with Crippen LogP contribution in [0.1, 0.15) is 22.3 Å². The lowest BCUT2D eigenvalue weighted by molar-refractivity contribution is 0.770. The predicted molar refractivity (Wildman–Crippen MR) is 222 cm³/mol. The predicted octanol–water partition coefficient (Wildman–Crippen LogP) is 12.4. The highest BCUT2D eigenvalue weighted by Crippen LogP contribution is 2.56. The number of rotatable bonds is 5. The van der Waals surface area contributed by atoms with Crippen molar-refractivity contribution in [2.24, 2.45) is 0 Å². The van der Waals surface area contributed by atoms with Crippen LogP contribution in [-0.2, 0) is 5.41 Å². The molecule has 54 heavy (non-hydrogen) atoms. The van der Waals surface area contributed by atoms with Crippen LogP contribution < -0.4 is 0 Å². The molecule has 0 saturated heterocycles. The number of fused-ring (bicyclic) bond motifs is 7. The third-order valence-electron chi connectivity index (χ3n) is 11.3. The maximum atomic E-state index is 5.16. The summed E-state index contributed by atoms with van der Waals surface area (Å²) in [5.74, 6) is 0. The second-order valence-corrected chi connectivity index (χ2v) is 14.1. The summed E-state index contributed by atoms with van der Waals surface area (Å²) in [6.07, 6.45) is 0. The van der Waals surface area contributed by atoms with E-state index in [1.165, 1.54) is 55.2 Å². The van der Waals surface area contributed by atoms with Crippen LogP contribution in [0, 0.1) is 0 Å². The third kappa shape index (κ3) is 4.42. The van der Waals surface area contributed by atoms with Gasteiger partial charge in [-0.1, -0.05) is 158 Å². The largest absolute Gasteiger partial charge is 0.309 e.